The van der Waals surface area contributed by atoms with Gasteiger partial charge in [-0.25, -0.2) is 14.4 Å². The van der Waals surface area contributed by atoms with Crippen molar-refractivity contribution in [3.05, 3.63) is 0 Å². The SMILES string of the molecule is O=C(O)O.O=C(O)O.O=C(O)OO. The van der Waals surface area contributed by atoms with E-state index in [1.165, 1.54) is 0 Å². The van der Waals surface area contributed by atoms with Gasteiger partial charge in [0, 0.05) is 0 Å². The Labute approximate surface area is 69.8 Å². The van der Waals surface area contributed by atoms with Gasteiger partial charge >= 0.3 is 18.5 Å². The topological polar surface area (TPSA) is 182 Å². The molecule has 0 aliphatic carbocycles. The molecular formula is C3H6O10. The van der Waals surface area contributed by atoms with Gasteiger partial charge in [-0.1, -0.05) is 0 Å². The average molecular weight is 202 g/mol. The lowest BCUT2D eigenvalue weighted by atomic mass is 11.5. The Morgan fingerprint density at radius 3 is 0.846 bits per heavy atom. The Morgan fingerprint density at radius 2 is 0.846 bits per heavy atom. The van der Waals surface area contributed by atoms with Crippen molar-refractivity contribution in [1.82, 2.24) is 0 Å². The maximum Gasteiger partial charge on any atom is 0.537 e. The summed E-state index contributed by atoms with van der Waals surface area (Å²) >= 11 is 0. The second kappa shape index (κ2) is 12.4. The predicted octanol–water partition coefficient (Wildman–Crippen LogP) is 0.599. The zero-order chi connectivity index (χ0) is 11.4. The summed E-state index contributed by atoms with van der Waals surface area (Å²) in [4.78, 5) is 28.7. The van der Waals surface area contributed by atoms with Crippen molar-refractivity contribution >= 4 is 18.5 Å². The maximum absolute atomic E-state index is 8.90. The minimum absolute atomic E-state index is 1.69. The fraction of sp³-hybridized carbons (Fsp3) is 0. The monoisotopic (exact) mass is 202 g/mol. The van der Waals surface area contributed by atoms with E-state index in [0.29, 0.717) is 0 Å². The first kappa shape index (κ1) is 17.0. The van der Waals surface area contributed by atoms with Crippen LogP contribution in [0.15, 0.2) is 0 Å². The minimum Gasteiger partial charge on any atom is -0.450 e. The van der Waals surface area contributed by atoms with E-state index in [1.807, 2.05) is 0 Å². The first-order valence-corrected chi connectivity index (χ1v) is 2.12. The Balaban J connectivity index is -0.000000117. The highest BCUT2D eigenvalue weighted by Gasteiger charge is 1.84. The van der Waals surface area contributed by atoms with Gasteiger partial charge in [-0.3, -0.25) is 4.89 Å². The smallest absolute Gasteiger partial charge is 0.450 e. The maximum atomic E-state index is 8.90. The molecule has 0 saturated carbocycles. The molecule has 0 aliphatic rings. The molecule has 6 N–H and O–H groups in total. The molecule has 0 aromatic rings. The first-order chi connectivity index (χ1) is 5.73. The molecule has 13 heavy (non-hydrogen) atoms. The minimum atomic E-state index is -1.83. The number of carboxylic acid groups (broad SMARTS) is 5. The van der Waals surface area contributed by atoms with Gasteiger partial charge in [0.05, 0.1) is 0 Å². The van der Waals surface area contributed by atoms with E-state index in [9.17, 15) is 0 Å². The molecule has 0 unspecified atom stereocenters. The van der Waals surface area contributed by atoms with Gasteiger partial charge in [0.15, 0.2) is 0 Å². The van der Waals surface area contributed by atoms with E-state index in [1.54, 1.807) is 0 Å². The van der Waals surface area contributed by atoms with Crippen LogP contribution in [0.25, 0.3) is 0 Å². The Hall–Kier alpha value is -2.23. The summed E-state index contributed by atoms with van der Waals surface area (Å²) in [5, 5.41) is 42.2. The fourth-order valence-electron chi connectivity index (χ4n) is 0. The van der Waals surface area contributed by atoms with Crippen molar-refractivity contribution in [3.8, 4) is 0 Å². The van der Waals surface area contributed by atoms with Crippen LogP contribution in [-0.2, 0) is 4.89 Å². The molecule has 0 amide bonds. The Morgan fingerprint density at radius 1 is 0.769 bits per heavy atom. The standard InChI is InChI=1S/CH2O4.2CH2O3/c2-1(3)5-4;2*2-1(3)4/h4H,(H,2,3);2*(H2,2,3,4). The predicted molar refractivity (Wildman–Crippen MR) is 33.0 cm³/mol. The van der Waals surface area contributed by atoms with Crippen molar-refractivity contribution in [2.45, 2.75) is 0 Å². The molecule has 0 heterocycles. The van der Waals surface area contributed by atoms with Gasteiger partial charge in [0.1, 0.15) is 0 Å². The largest absolute Gasteiger partial charge is 0.537 e. The van der Waals surface area contributed by atoms with E-state index < -0.39 is 18.5 Å². The van der Waals surface area contributed by atoms with E-state index in [4.69, 9.17) is 45.2 Å². The van der Waals surface area contributed by atoms with Gasteiger partial charge in [-0.15, -0.1) is 0 Å². The molecule has 0 bridgehead atoms. The number of rotatable bonds is 0. The molecule has 0 spiro atoms. The molecule has 0 aromatic carbocycles. The van der Waals surface area contributed by atoms with Gasteiger partial charge in [0.25, 0.3) is 0 Å². The highest BCUT2D eigenvalue weighted by atomic mass is 17.1. The van der Waals surface area contributed by atoms with Crippen molar-refractivity contribution in [3.63, 3.8) is 0 Å². The molecule has 0 aliphatic heterocycles. The van der Waals surface area contributed by atoms with Crippen LogP contribution < -0.4 is 0 Å². The normalized spacial score (nSPS) is 6.23. The molecule has 0 aromatic heterocycles. The van der Waals surface area contributed by atoms with Crippen molar-refractivity contribution in [2.24, 2.45) is 0 Å². The highest BCUT2D eigenvalue weighted by Crippen LogP contribution is 1.59. The summed E-state index contributed by atoms with van der Waals surface area (Å²) in [7, 11) is 0. The Bertz CT molecular complexity index is 140. The van der Waals surface area contributed by atoms with Crippen LogP contribution in [-0.4, -0.2) is 49.3 Å². The second-order valence-electron chi connectivity index (χ2n) is 0.922. The van der Waals surface area contributed by atoms with E-state index in [0.717, 1.165) is 0 Å². The van der Waals surface area contributed by atoms with Crippen LogP contribution in [0.3, 0.4) is 0 Å². The summed E-state index contributed by atoms with van der Waals surface area (Å²) in [5.41, 5.74) is 0. The highest BCUT2D eigenvalue weighted by molar-refractivity contribution is 5.55. The second-order valence-corrected chi connectivity index (χ2v) is 0.922. The Kier molecular flexibility index (Phi) is 16.3. The number of hydrogen-bond acceptors (Lipinski definition) is 5. The number of hydrogen-bond donors (Lipinski definition) is 6. The lowest BCUT2D eigenvalue weighted by Gasteiger charge is -1.75. The number of carbonyl (C=O) groups is 3. The van der Waals surface area contributed by atoms with Crippen LogP contribution in [0.1, 0.15) is 0 Å². The average Bonchev–Trinajstić information content (AvgIpc) is 1.84. The molecule has 0 fully saturated rings. The fourth-order valence-corrected chi connectivity index (χ4v) is 0. The third-order valence-corrected chi connectivity index (χ3v) is 0.0781. The zero-order valence-corrected chi connectivity index (χ0v) is 5.82. The van der Waals surface area contributed by atoms with E-state index in [-0.39, 0.29) is 0 Å². The van der Waals surface area contributed by atoms with Crippen LogP contribution in [0, 0.1) is 0 Å². The van der Waals surface area contributed by atoms with Crippen LogP contribution in [0.2, 0.25) is 0 Å². The summed E-state index contributed by atoms with van der Waals surface area (Å²) in [6.07, 6.45) is -5.36. The van der Waals surface area contributed by atoms with Crippen molar-refractivity contribution in [2.75, 3.05) is 0 Å². The van der Waals surface area contributed by atoms with Gasteiger partial charge in [-0.05, 0) is 0 Å². The molecule has 10 heteroatoms. The van der Waals surface area contributed by atoms with Gasteiger partial charge < -0.3 is 25.5 Å². The molecule has 0 saturated heterocycles. The summed E-state index contributed by atoms with van der Waals surface area (Å²) < 4.78 is 0. The van der Waals surface area contributed by atoms with Crippen LogP contribution in [0.4, 0.5) is 14.4 Å². The molecule has 0 rings (SSSR count). The molecule has 0 radical (unpaired) electrons. The van der Waals surface area contributed by atoms with Gasteiger partial charge in [-0.2, -0.15) is 5.26 Å². The molecule has 0 atom stereocenters. The first-order valence-electron chi connectivity index (χ1n) is 2.12. The summed E-state index contributed by atoms with van der Waals surface area (Å²) in [6.45, 7) is 0. The van der Waals surface area contributed by atoms with Crippen molar-refractivity contribution < 1.29 is 50.1 Å². The molecule has 10 nitrogen and oxygen atoms in total. The third-order valence-electron chi connectivity index (χ3n) is 0.0781. The summed E-state index contributed by atoms with van der Waals surface area (Å²) in [5.74, 6) is 0. The lowest BCUT2D eigenvalue weighted by molar-refractivity contribution is -0.194. The van der Waals surface area contributed by atoms with Gasteiger partial charge in [0.2, 0.25) is 0 Å². The molecular weight excluding hydrogens is 196 g/mol. The third kappa shape index (κ3) is 11200. The van der Waals surface area contributed by atoms with E-state index >= 15 is 0 Å². The zero-order valence-electron chi connectivity index (χ0n) is 5.82. The summed E-state index contributed by atoms with van der Waals surface area (Å²) in [6, 6.07) is 0. The quantitative estimate of drug-likeness (QED) is 0.240. The van der Waals surface area contributed by atoms with E-state index in [2.05, 4.69) is 4.89 Å². The lowest BCUT2D eigenvalue weighted by Crippen LogP contribution is -1.91. The molecule has 78 valence electrons. The van der Waals surface area contributed by atoms with Crippen LogP contribution >= 0.6 is 0 Å². The van der Waals surface area contributed by atoms with Crippen molar-refractivity contribution in [1.29, 1.82) is 0 Å². The van der Waals surface area contributed by atoms with Crippen LogP contribution in [0.5, 0.6) is 0 Å².